The van der Waals surface area contributed by atoms with Gasteiger partial charge in [0.2, 0.25) is 11.7 Å². The Labute approximate surface area is 246 Å². The largest absolute Gasteiger partial charge is 0.337 e. The van der Waals surface area contributed by atoms with Crippen LogP contribution in [0.4, 0.5) is 4.39 Å². The van der Waals surface area contributed by atoms with Crippen LogP contribution in [-0.2, 0) is 16.0 Å². The van der Waals surface area contributed by atoms with Crippen molar-refractivity contribution in [3.8, 4) is 0 Å². The predicted octanol–water partition coefficient (Wildman–Crippen LogP) is 2.73. The molecule has 3 atom stereocenters. The lowest BCUT2D eigenvalue weighted by atomic mass is 9.85. The predicted molar refractivity (Wildman–Crippen MR) is 159 cm³/mol. The van der Waals surface area contributed by atoms with Crippen LogP contribution in [-0.4, -0.2) is 93.1 Å². The SMILES string of the molecule is CNC(C)C(=O)CNC(C(=O)N1CCCC1CN(CCc1ccc(F)cc1)C(=O)c1cn2cccnc2n1)C(C)(C)C. The van der Waals surface area contributed by atoms with Crippen LogP contribution in [0.25, 0.3) is 5.78 Å². The number of halogens is 1. The number of fused-ring (bicyclic) bond motifs is 1. The number of amides is 2. The maximum atomic E-state index is 14.0. The number of imidazole rings is 1. The molecular formula is C31H42FN7O3. The molecule has 2 amide bonds. The first-order valence-corrected chi connectivity index (χ1v) is 14.5. The number of hydrogen-bond donors (Lipinski definition) is 2. The molecule has 0 spiro atoms. The van der Waals surface area contributed by atoms with E-state index in [0.29, 0.717) is 31.8 Å². The van der Waals surface area contributed by atoms with Gasteiger partial charge in [0, 0.05) is 44.3 Å². The number of Topliss-reactive ketones (excluding diaryl/α,β-unsaturated/α-hetero) is 1. The fraction of sp³-hybridized carbons (Fsp3) is 0.516. The summed E-state index contributed by atoms with van der Waals surface area (Å²) in [7, 11) is 1.73. The Morgan fingerprint density at radius 3 is 2.60 bits per heavy atom. The number of rotatable bonds is 12. The molecule has 42 heavy (non-hydrogen) atoms. The second-order valence-electron chi connectivity index (χ2n) is 12.1. The highest BCUT2D eigenvalue weighted by atomic mass is 19.1. The molecule has 3 heterocycles. The summed E-state index contributed by atoms with van der Waals surface area (Å²) in [5, 5.41) is 6.18. The Hall–Kier alpha value is -3.70. The zero-order valence-corrected chi connectivity index (χ0v) is 25.1. The first kappa shape index (κ1) is 31.2. The van der Waals surface area contributed by atoms with E-state index in [2.05, 4.69) is 20.6 Å². The topological polar surface area (TPSA) is 112 Å². The van der Waals surface area contributed by atoms with E-state index < -0.39 is 11.5 Å². The van der Waals surface area contributed by atoms with Gasteiger partial charge in [-0.1, -0.05) is 32.9 Å². The van der Waals surface area contributed by atoms with Crippen LogP contribution in [0.5, 0.6) is 0 Å². The van der Waals surface area contributed by atoms with Crippen LogP contribution < -0.4 is 10.6 Å². The Morgan fingerprint density at radius 2 is 1.93 bits per heavy atom. The summed E-state index contributed by atoms with van der Waals surface area (Å²) in [5.74, 6) is -0.222. The summed E-state index contributed by atoms with van der Waals surface area (Å²) in [6.45, 7) is 9.11. The average molecular weight is 580 g/mol. The van der Waals surface area contributed by atoms with Crippen molar-refractivity contribution >= 4 is 23.4 Å². The minimum absolute atomic E-state index is 0.0166. The van der Waals surface area contributed by atoms with Gasteiger partial charge < -0.3 is 15.1 Å². The summed E-state index contributed by atoms with van der Waals surface area (Å²) >= 11 is 0. The first-order chi connectivity index (χ1) is 20.0. The van der Waals surface area contributed by atoms with Crippen molar-refractivity contribution < 1.29 is 18.8 Å². The average Bonchev–Trinajstić information content (AvgIpc) is 3.61. The van der Waals surface area contributed by atoms with Crippen molar-refractivity contribution in [2.24, 2.45) is 5.41 Å². The van der Waals surface area contributed by atoms with Crippen LogP contribution in [0.3, 0.4) is 0 Å². The maximum absolute atomic E-state index is 14.0. The van der Waals surface area contributed by atoms with Gasteiger partial charge in [-0.25, -0.2) is 14.4 Å². The number of hydrogen-bond acceptors (Lipinski definition) is 7. The van der Waals surface area contributed by atoms with Gasteiger partial charge in [-0.2, -0.15) is 0 Å². The normalized spacial score (nSPS) is 16.9. The molecule has 3 aromatic rings. The molecule has 2 N–H and O–H groups in total. The summed E-state index contributed by atoms with van der Waals surface area (Å²) < 4.78 is 15.2. The molecule has 0 aliphatic carbocycles. The van der Waals surface area contributed by atoms with Gasteiger partial charge in [0.15, 0.2) is 5.78 Å². The molecule has 2 aromatic heterocycles. The number of nitrogens with one attached hydrogen (secondary N) is 2. The van der Waals surface area contributed by atoms with Gasteiger partial charge in [0.25, 0.3) is 5.91 Å². The van der Waals surface area contributed by atoms with Crippen molar-refractivity contribution in [3.63, 3.8) is 0 Å². The van der Waals surface area contributed by atoms with E-state index in [-0.39, 0.29) is 47.7 Å². The highest BCUT2D eigenvalue weighted by Crippen LogP contribution is 2.26. The summed E-state index contributed by atoms with van der Waals surface area (Å²) in [6, 6.07) is 6.94. The van der Waals surface area contributed by atoms with Gasteiger partial charge in [0.1, 0.15) is 11.5 Å². The molecule has 1 aromatic carbocycles. The zero-order chi connectivity index (χ0) is 30.4. The third-order valence-electron chi connectivity index (χ3n) is 7.93. The fourth-order valence-corrected chi connectivity index (χ4v) is 5.30. The van der Waals surface area contributed by atoms with Crippen molar-refractivity contribution in [1.82, 2.24) is 34.8 Å². The van der Waals surface area contributed by atoms with E-state index in [9.17, 15) is 18.8 Å². The number of likely N-dealkylation sites (N-methyl/N-ethyl adjacent to an activating group) is 1. The number of likely N-dealkylation sites (tertiary alicyclic amines) is 1. The van der Waals surface area contributed by atoms with E-state index in [1.807, 2.05) is 25.7 Å². The second-order valence-corrected chi connectivity index (χ2v) is 12.1. The lowest BCUT2D eigenvalue weighted by molar-refractivity contribution is -0.137. The summed E-state index contributed by atoms with van der Waals surface area (Å²) in [6.07, 6.45) is 7.17. The van der Waals surface area contributed by atoms with Crippen LogP contribution >= 0.6 is 0 Å². The molecule has 1 aliphatic heterocycles. The molecule has 1 saturated heterocycles. The van der Waals surface area contributed by atoms with E-state index in [4.69, 9.17) is 0 Å². The molecule has 10 nitrogen and oxygen atoms in total. The Balaban J connectivity index is 1.54. The Morgan fingerprint density at radius 1 is 1.19 bits per heavy atom. The molecule has 0 bridgehead atoms. The second kappa shape index (κ2) is 13.5. The third-order valence-corrected chi connectivity index (χ3v) is 7.93. The highest BCUT2D eigenvalue weighted by molar-refractivity contribution is 5.93. The van der Waals surface area contributed by atoms with E-state index >= 15 is 0 Å². The number of aromatic nitrogens is 3. The Kier molecular flexibility index (Phi) is 10.1. The van der Waals surface area contributed by atoms with Crippen LogP contribution in [0, 0.1) is 11.2 Å². The standard InChI is InChI=1S/C31H42FN7O3/c1-21(33-5)26(40)18-35-27(31(2,3)4)29(42)39-16-6-8-24(39)19-37(17-13-22-9-11-23(32)12-10-22)28(41)25-20-38-15-7-14-34-30(38)36-25/h7,9-12,14-15,20-21,24,27,33,35H,6,8,13,16-19H2,1-5H3. The van der Waals surface area contributed by atoms with E-state index in [1.165, 1.54) is 12.1 Å². The van der Waals surface area contributed by atoms with Crippen molar-refractivity contribution in [1.29, 1.82) is 0 Å². The number of benzene rings is 1. The summed E-state index contributed by atoms with van der Waals surface area (Å²) in [4.78, 5) is 52.6. The van der Waals surface area contributed by atoms with Gasteiger partial charge in [-0.3, -0.25) is 24.1 Å². The van der Waals surface area contributed by atoms with Crippen molar-refractivity contribution in [3.05, 3.63) is 66.0 Å². The van der Waals surface area contributed by atoms with Crippen LogP contribution in [0.2, 0.25) is 0 Å². The van der Waals surface area contributed by atoms with E-state index in [0.717, 1.165) is 18.4 Å². The third kappa shape index (κ3) is 7.57. The molecule has 1 aliphatic rings. The van der Waals surface area contributed by atoms with Gasteiger partial charge in [-0.05, 0) is 62.4 Å². The van der Waals surface area contributed by atoms with Crippen molar-refractivity contribution in [2.45, 2.75) is 65.1 Å². The number of carbonyl (C=O) groups is 3. The molecule has 11 heteroatoms. The Bertz CT molecular complexity index is 1350. The van der Waals surface area contributed by atoms with Gasteiger partial charge in [-0.15, -0.1) is 0 Å². The number of nitrogens with zero attached hydrogens (tertiary/aromatic N) is 5. The number of carbonyl (C=O) groups excluding carboxylic acids is 3. The van der Waals surface area contributed by atoms with Crippen LogP contribution in [0.15, 0.2) is 48.9 Å². The quantitative estimate of drug-likeness (QED) is 0.339. The smallest absolute Gasteiger partial charge is 0.274 e. The molecule has 0 radical (unpaired) electrons. The lowest BCUT2D eigenvalue weighted by Gasteiger charge is -2.37. The fourth-order valence-electron chi connectivity index (χ4n) is 5.30. The molecule has 0 saturated carbocycles. The van der Waals surface area contributed by atoms with Crippen molar-refractivity contribution in [2.75, 3.05) is 33.2 Å². The molecular weight excluding hydrogens is 537 g/mol. The molecule has 1 fully saturated rings. The first-order valence-electron chi connectivity index (χ1n) is 14.5. The minimum atomic E-state index is -0.570. The monoisotopic (exact) mass is 579 g/mol. The zero-order valence-electron chi connectivity index (χ0n) is 25.1. The molecule has 226 valence electrons. The lowest BCUT2D eigenvalue weighted by Crippen LogP contribution is -2.57. The molecule has 3 unspecified atom stereocenters. The van der Waals surface area contributed by atoms with Gasteiger partial charge >= 0.3 is 0 Å². The molecule has 4 rings (SSSR count). The van der Waals surface area contributed by atoms with Crippen LogP contribution in [0.1, 0.15) is 56.6 Å². The number of ketones is 1. The summed E-state index contributed by atoms with van der Waals surface area (Å²) in [5.41, 5.74) is 0.743. The van der Waals surface area contributed by atoms with Gasteiger partial charge in [0.05, 0.1) is 18.6 Å². The van der Waals surface area contributed by atoms with E-state index in [1.54, 1.807) is 60.1 Å². The maximum Gasteiger partial charge on any atom is 0.274 e. The minimum Gasteiger partial charge on any atom is -0.337 e. The highest BCUT2D eigenvalue weighted by Gasteiger charge is 2.40.